The SMILES string of the molecule is COc1ccc(NC(=O)Nc2c(OC)cccc2OC)cc1OC. The summed E-state index contributed by atoms with van der Waals surface area (Å²) >= 11 is 0. The third-order valence-electron chi connectivity index (χ3n) is 3.31. The Morgan fingerprint density at radius 1 is 0.750 bits per heavy atom. The summed E-state index contributed by atoms with van der Waals surface area (Å²) in [7, 11) is 6.12. The quantitative estimate of drug-likeness (QED) is 0.848. The van der Waals surface area contributed by atoms with Gasteiger partial charge in [-0.3, -0.25) is 0 Å². The standard InChI is InChI=1S/C17H20N2O5/c1-21-12-9-8-11(10-15(12)24-4)18-17(20)19-16-13(22-2)6-5-7-14(16)23-3/h5-10H,1-4H3,(H2,18,19,20). The van der Waals surface area contributed by atoms with Gasteiger partial charge in [-0.25, -0.2) is 4.79 Å². The molecule has 2 amide bonds. The molecule has 0 saturated heterocycles. The van der Waals surface area contributed by atoms with Crippen molar-refractivity contribution in [3.05, 3.63) is 36.4 Å². The molecule has 0 heterocycles. The predicted octanol–water partition coefficient (Wildman–Crippen LogP) is 3.37. The normalized spacial score (nSPS) is 9.83. The third-order valence-corrected chi connectivity index (χ3v) is 3.31. The Hall–Kier alpha value is -3.09. The minimum atomic E-state index is -0.440. The van der Waals surface area contributed by atoms with Crippen molar-refractivity contribution >= 4 is 17.4 Å². The second-order valence-corrected chi connectivity index (χ2v) is 4.69. The predicted molar refractivity (Wildman–Crippen MR) is 91.7 cm³/mol. The summed E-state index contributed by atoms with van der Waals surface area (Å²) in [6, 6.07) is 9.87. The van der Waals surface area contributed by atoms with E-state index in [1.807, 2.05) is 0 Å². The van der Waals surface area contributed by atoms with Gasteiger partial charge in [0, 0.05) is 11.8 Å². The molecule has 0 aliphatic heterocycles. The summed E-state index contributed by atoms with van der Waals surface area (Å²) in [6.07, 6.45) is 0. The fourth-order valence-electron chi connectivity index (χ4n) is 2.16. The number of carbonyl (C=O) groups excluding carboxylic acids is 1. The maximum absolute atomic E-state index is 12.3. The van der Waals surface area contributed by atoms with Crippen LogP contribution in [0.2, 0.25) is 0 Å². The van der Waals surface area contributed by atoms with Gasteiger partial charge in [-0.2, -0.15) is 0 Å². The first-order valence-electron chi connectivity index (χ1n) is 7.14. The van der Waals surface area contributed by atoms with E-state index in [9.17, 15) is 4.79 Å². The zero-order valence-corrected chi connectivity index (χ0v) is 14.0. The Morgan fingerprint density at radius 3 is 1.88 bits per heavy atom. The molecule has 0 unspecified atom stereocenters. The van der Waals surface area contributed by atoms with Crippen molar-refractivity contribution in [2.45, 2.75) is 0 Å². The number of ether oxygens (including phenoxy) is 4. The number of rotatable bonds is 6. The fraction of sp³-hybridized carbons (Fsp3) is 0.235. The van der Waals surface area contributed by atoms with Gasteiger partial charge in [0.15, 0.2) is 11.5 Å². The van der Waals surface area contributed by atoms with E-state index in [0.29, 0.717) is 34.4 Å². The number of methoxy groups -OCH3 is 4. The maximum Gasteiger partial charge on any atom is 0.323 e. The summed E-state index contributed by atoms with van der Waals surface area (Å²) < 4.78 is 20.9. The lowest BCUT2D eigenvalue weighted by molar-refractivity contribution is 0.262. The van der Waals surface area contributed by atoms with Crippen LogP contribution in [-0.2, 0) is 0 Å². The Labute approximate surface area is 140 Å². The first kappa shape index (κ1) is 17.3. The smallest absolute Gasteiger partial charge is 0.323 e. The highest BCUT2D eigenvalue weighted by Gasteiger charge is 2.14. The van der Waals surface area contributed by atoms with Crippen LogP contribution in [-0.4, -0.2) is 34.5 Å². The first-order chi connectivity index (χ1) is 11.6. The second-order valence-electron chi connectivity index (χ2n) is 4.69. The van der Waals surface area contributed by atoms with E-state index in [-0.39, 0.29) is 0 Å². The molecule has 0 fully saturated rings. The van der Waals surface area contributed by atoms with Gasteiger partial charge in [-0.1, -0.05) is 6.07 Å². The average Bonchev–Trinajstić information content (AvgIpc) is 2.61. The number of anilines is 2. The van der Waals surface area contributed by atoms with Crippen molar-refractivity contribution < 1.29 is 23.7 Å². The Morgan fingerprint density at radius 2 is 1.33 bits per heavy atom. The summed E-state index contributed by atoms with van der Waals surface area (Å²) in [5.74, 6) is 2.09. The van der Waals surface area contributed by atoms with Gasteiger partial charge in [0.05, 0.1) is 28.4 Å². The van der Waals surface area contributed by atoms with E-state index in [2.05, 4.69) is 10.6 Å². The van der Waals surface area contributed by atoms with Crippen LogP contribution >= 0.6 is 0 Å². The van der Waals surface area contributed by atoms with Crippen LogP contribution in [0.25, 0.3) is 0 Å². The Kier molecular flexibility index (Phi) is 5.73. The average molecular weight is 332 g/mol. The first-order valence-corrected chi connectivity index (χ1v) is 7.14. The van der Waals surface area contributed by atoms with Gasteiger partial charge >= 0.3 is 6.03 Å². The van der Waals surface area contributed by atoms with Crippen molar-refractivity contribution in [1.82, 2.24) is 0 Å². The molecule has 2 N–H and O–H groups in total. The van der Waals surface area contributed by atoms with E-state index in [1.165, 1.54) is 21.3 Å². The molecule has 0 radical (unpaired) electrons. The van der Waals surface area contributed by atoms with Crippen molar-refractivity contribution in [3.63, 3.8) is 0 Å². The molecule has 0 aromatic heterocycles. The molecular formula is C17H20N2O5. The molecule has 0 aliphatic rings. The highest BCUT2D eigenvalue weighted by Crippen LogP contribution is 2.34. The summed E-state index contributed by atoms with van der Waals surface area (Å²) in [6.45, 7) is 0. The van der Waals surface area contributed by atoms with Gasteiger partial charge < -0.3 is 29.6 Å². The lowest BCUT2D eigenvalue weighted by Crippen LogP contribution is -2.20. The van der Waals surface area contributed by atoms with Crippen LogP contribution in [0.5, 0.6) is 23.0 Å². The number of urea groups is 1. The minimum absolute atomic E-state index is 0.440. The maximum atomic E-state index is 12.3. The number of benzene rings is 2. The molecule has 2 rings (SSSR count). The van der Waals surface area contributed by atoms with Crippen molar-refractivity contribution in [3.8, 4) is 23.0 Å². The van der Waals surface area contributed by atoms with E-state index < -0.39 is 6.03 Å². The van der Waals surface area contributed by atoms with E-state index in [0.717, 1.165) is 0 Å². The highest BCUT2D eigenvalue weighted by atomic mass is 16.5. The molecule has 0 bridgehead atoms. The van der Waals surface area contributed by atoms with E-state index in [4.69, 9.17) is 18.9 Å². The molecule has 2 aromatic carbocycles. The molecule has 2 aromatic rings. The molecule has 0 spiro atoms. The van der Waals surface area contributed by atoms with E-state index >= 15 is 0 Å². The molecule has 7 nitrogen and oxygen atoms in total. The number of hydrogen-bond donors (Lipinski definition) is 2. The van der Waals surface area contributed by atoms with Crippen LogP contribution in [0.15, 0.2) is 36.4 Å². The largest absolute Gasteiger partial charge is 0.494 e. The number of carbonyl (C=O) groups is 1. The van der Waals surface area contributed by atoms with Crippen molar-refractivity contribution in [2.75, 3.05) is 39.1 Å². The molecular weight excluding hydrogens is 312 g/mol. The van der Waals surface area contributed by atoms with Crippen molar-refractivity contribution in [1.29, 1.82) is 0 Å². The molecule has 7 heteroatoms. The Bertz CT molecular complexity index is 696. The van der Waals surface area contributed by atoms with Gasteiger partial charge in [0.25, 0.3) is 0 Å². The number of hydrogen-bond acceptors (Lipinski definition) is 5. The zero-order valence-electron chi connectivity index (χ0n) is 14.0. The van der Waals surface area contributed by atoms with Crippen LogP contribution in [0.3, 0.4) is 0 Å². The summed E-state index contributed by atoms with van der Waals surface area (Å²) in [4.78, 5) is 12.3. The molecule has 24 heavy (non-hydrogen) atoms. The minimum Gasteiger partial charge on any atom is -0.494 e. The van der Waals surface area contributed by atoms with Crippen LogP contribution in [0.1, 0.15) is 0 Å². The van der Waals surface area contributed by atoms with Crippen LogP contribution in [0.4, 0.5) is 16.2 Å². The van der Waals surface area contributed by atoms with Gasteiger partial charge in [-0.15, -0.1) is 0 Å². The van der Waals surface area contributed by atoms with Gasteiger partial charge in [-0.05, 0) is 24.3 Å². The molecule has 0 atom stereocenters. The number of nitrogens with one attached hydrogen (secondary N) is 2. The Balaban J connectivity index is 2.17. The third kappa shape index (κ3) is 3.81. The lowest BCUT2D eigenvalue weighted by atomic mass is 10.2. The monoisotopic (exact) mass is 332 g/mol. The van der Waals surface area contributed by atoms with Crippen LogP contribution < -0.4 is 29.6 Å². The fourth-order valence-corrected chi connectivity index (χ4v) is 2.16. The second kappa shape index (κ2) is 7.96. The number of amides is 2. The van der Waals surface area contributed by atoms with E-state index in [1.54, 1.807) is 43.5 Å². The highest BCUT2D eigenvalue weighted by molar-refractivity contribution is 6.02. The van der Waals surface area contributed by atoms with Gasteiger partial charge in [0.1, 0.15) is 17.2 Å². The van der Waals surface area contributed by atoms with Gasteiger partial charge in [0.2, 0.25) is 0 Å². The molecule has 128 valence electrons. The topological polar surface area (TPSA) is 78.1 Å². The zero-order chi connectivity index (χ0) is 17.5. The number of para-hydroxylation sites is 1. The summed E-state index contributed by atoms with van der Waals surface area (Å²) in [5, 5.41) is 5.45. The van der Waals surface area contributed by atoms with Crippen LogP contribution in [0, 0.1) is 0 Å². The summed E-state index contributed by atoms with van der Waals surface area (Å²) in [5.41, 5.74) is 1.000. The molecule has 0 aliphatic carbocycles. The van der Waals surface area contributed by atoms with Crippen molar-refractivity contribution in [2.24, 2.45) is 0 Å². The molecule has 0 saturated carbocycles. The lowest BCUT2D eigenvalue weighted by Gasteiger charge is -2.15.